The van der Waals surface area contributed by atoms with Gasteiger partial charge in [0, 0.05) is 55.3 Å². The van der Waals surface area contributed by atoms with Crippen LogP contribution in [-0.4, -0.2) is 4.57 Å². The Morgan fingerprint density at radius 1 is 0.586 bits per heavy atom. The summed E-state index contributed by atoms with van der Waals surface area (Å²) in [4.78, 5) is 2.52. The average Bonchev–Trinajstić information content (AvgIpc) is 4.07. The first-order valence-corrected chi connectivity index (χ1v) is 24.7. The largest absolute Gasteiger partial charge is 0.455 e. The normalized spacial score (nSPS) is 16.8. The number of aromatic nitrogens is 1. The number of furan rings is 1. The van der Waals surface area contributed by atoms with E-state index in [1.807, 2.05) is 12.1 Å². The number of rotatable bonds is 8. The van der Waals surface area contributed by atoms with Gasteiger partial charge in [-0.15, -0.1) is 0 Å². The van der Waals surface area contributed by atoms with Crippen LogP contribution in [0.25, 0.3) is 82.8 Å². The van der Waals surface area contributed by atoms with E-state index >= 15 is 0 Å². The zero-order valence-electron chi connectivity index (χ0n) is 40.4. The SMILES string of the molecule is C=CC1=C(/C=C\C)C(C)(C)c2cc(N(C3=CC=C4c5ccc(-c6ccc7c(c6)c6ccccc6n7-c6ccccc6)cc5C(C)(C)C4C3)c3ccc(-c4cccc5c4oc4ccccc45)cc3)ccc21. The molecule has 0 spiro atoms. The molecular weight excluding hydrogens is 849 g/mol. The van der Waals surface area contributed by atoms with Crippen molar-refractivity contribution in [1.82, 2.24) is 4.57 Å². The summed E-state index contributed by atoms with van der Waals surface area (Å²) in [6.07, 6.45) is 12.2. The second kappa shape index (κ2) is 15.7. The summed E-state index contributed by atoms with van der Waals surface area (Å²) in [7, 11) is 0. The van der Waals surface area contributed by atoms with Gasteiger partial charge >= 0.3 is 0 Å². The Hall–Kier alpha value is -8.14. The molecule has 338 valence electrons. The Bertz CT molecular complexity index is 3940. The van der Waals surface area contributed by atoms with E-state index in [0.29, 0.717) is 0 Å². The lowest BCUT2D eigenvalue weighted by atomic mass is 9.73. The fraction of sp³-hybridized carbons (Fsp3) is 0.134. The molecule has 3 aliphatic carbocycles. The summed E-state index contributed by atoms with van der Waals surface area (Å²) < 4.78 is 8.90. The van der Waals surface area contributed by atoms with E-state index in [-0.39, 0.29) is 16.7 Å². The van der Waals surface area contributed by atoms with E-state index in [4.69, 9.17) is 4.42 Å². The molecular formula is C67H54N2O. The van der Waals surface area contributed by atoms with Crippen molar-refractivity contribution in [3.05, 3.63) is 246 Å². The van der Waals surface area contributed by atoms with Gasteiger partial charge in [0.15, 0.2) is 0 Å². The predicted octanol–water partition coefficient (Wildman–Crippen LogP) is 18.2. The first-order valence-electron chi connectivity index (χ1n) is 24.7. The highest BCUT2D eigenvalue weighted by atomic mass is 16.3. The molecule has 0 N–H and O–H groups in total. The Kier molecular flexibility index (Phi) is 9.42. The number of anilines is 2. The van der Waals surface area contributed by atoms with E-state index in [1.54, 1.807) is 0 Å². The quantitative estimate of drug-likeness (QED) is 0.152. The minimum absolute atomic E-state index is 0.116. The van der Waals surface area contributed by atoms with Crippen LogP contribution in [0, 0.1) is 5.92 Å². The van der Waals surface area contributed by atoms with Crippen molar-refractivity contribution in [2.75, 3.05) is 4.90 Å². The fourth-order valence-electron chi connectivity index (χ4n) is 12.5. The molecule has 0 amide bonds. The molecule has 0 fully saturated rings. The van der Waals surface area contributed by atoms with Gasteiger partial charge in [-0.3, -0.25) is 0 Å². The van der Waals surface area contributed by atoms with Crippen LogP contribution in [0.3, 0.4) is 0 Å². The van der Waals surface area contributed by atoms with Crippen molar-refractivity contribution in [3.8, 4) is 27.9 Å². The van der Waals surface area contributed by atoms with Gasteiger partial charge in [0.25, 0.3) is 0 Å². The molecule has 0 bridgehead atoms. The van der Waals surface area contributed by atoms with Crippen LogP contribution in [0.4, 0.5) is 11.4 Å². The molecule has 1 unspecified atom stereocenters. The second-order valence-electron chi connectivity index (χ2n) is 20.5. The molecule has 3 heteroatoms. The number of benzene rings is 8. The van der Waals surface area contributed by atoms with Gasteiger partial charge < -0.3 is 13.9 Å². The lowest BCUT2D eigenvalue weighted by molar-refractivity contribution is 0.406. The summed E-state index contributed by atoms with van der Waals surface area (Å²) in [5.74, 6) is 0.290. The monoisotopic (exact) mass is 902 g/mol. The van der Waals surface area contributed by atoms with Crippen molar-refractivity contribution < 1.29 is 4.42 Å². The van der Waals surface area contributed by atoms with E-state index < -0.39 is 0 Å². The molecule has 2 heterocycles. The maximum absolute atomic E-state index is 6.51. The first kappa shape index (κ1) is 42.0. The lowest BCUT2D eigenvalue weighted by Crippen LogP contribution is -2.29. The fourth-order valence-corrected chi connectivity index (χ4v) is 12.5. The molecule has 0 saturated heterocycles. The highest BCUT2D eigenvalue weighted by Gasteiger charge is 2.45. The van der Waals surface area contributed by atoms with E-state index in [2.05, 4.69) is 245 Å². The zero-order valence-corrected chi connectivity index (χ0v) is 40.4. The number of allylic oxidation sites excluding steroid dienone is 9. The van der Waals surface area contributed by atoms with Crippen LogP contribution in [0.2, 0.25) is 0 Å². The van der Waals surface area contributed by atoms with Gasteiger partial charge in [-0.25, -0.2) is 0 Å². The number of hydrogen-bond donors (Lipinski definition) is 0. The number of para-hydroxylation sites is 4. The second-order valence-corrected chi connectivity index (χ2v) is 20.5. The summed E-state index contributed by atoms with van der Waals surface area (Å²) in [5, 5.41) is 4.82. The Labute approximate surface area is 410 Å². The predicted molar refractivity (Wildman–Crippen MR) is 296 cm³/mol. The summed E-state index contributed by atoms with van der Waals surface area (Å²) in [5.41, 5.74) is 22.7. The van der Waals surface area contributed by atoms with Crippen LogP contribution >= 0.6 is 0 Å². The summed E-state index contributed by atoms with van der Waals surface area (Å²) >= 11 is 0. The van der Waals surface area contributed by atoms with E-state index in [1.165, 1.54) is 83.3 Å². The third-order valence-electron chi connectivity index (χ3n) is 16.0. The van der Waals surface area contributed by atoms with Crippen molar-refractivity contribution in [1.29, 1.82) is 0 Å². The van der Waals surface area contributed by atoms with Gasteiger partial charge in [0.2, 0.25) is 0 Å². The molecule has 3 aliphatic rings. The third kappa shape index (κ3) is 6.20. The molecule has 70 heavy (non-hydrogen) atoms. The zero-order chi connectivity index (χ0) is 47.5. The molecule has 0 aliphatic heterocycles. The van der Waals surface area contributed by atoms with Crippen molar-refractivity contribution in [3.63, 3.8) is 0 Å². The molecule has 1 atom stereocenters. The highest BCUT2D eigenvalue weighted by molar-refractivity contribution is 6.11. The van der Waals surface area contributed by atoms with Crippen LogP contribution in [0.1, 0.15) is 63.3 Å². The molecule has 13 rings (SSSR count). The van der Waals surface area contributed by atoms with Crippen molar-refractivity contribution in [2.45, 2.75) is 51.9 Å². The Morgan fingerprint density at radius 3 is 2.09 bits per heavy atom. The number of nitrogens with zero attached hydrogens (tertiary/aromatic N) is 2. The minimum Gasteiger partial charge on any atom is -0.455 e. The summed E-state index contributed by atoms with van der Waals surface area (Å²) in [6.45, 7) is 16.0. The van der Waals surface area contributed by atoms with Crippen LogP contribution in [0.5, 0.6) is 0 Å². The van der Waals surface area contributed by atoms with Gasteiger partial charge in [-0.05, 0) is 153 Å². The van der Waals surface area contributed by atoms with E-state index in [0.717, 1.165) is 50.9 Å². The van der Waals surface area contributed by atoms with Gasteiger partial charge in [0.1, 0.15) is 11.2 Å². The van der Waals surface area contributed by atoms with Crippen LogP contribution in [-0.2, 0) is 10.8 Å². The molecule has 10 aromatic rings. The lowest BCUT2D eigenvalue weighted by Gasteiger charge is -2.36. The van der Waals surface area contributed by atoms with Crippen LogP contribution in [0.15, 0.2) is 229 Å². The van der Waals surface area contributed by atoms with E-state index in [9.17, 15) is 0 Å². The molecule has 2 aromatic heterocycles. The standard InChI is InChI=1S/C67H54N2O/c1-7-17-58-49(8-2)51-35-32-47(40-60(51)66(58,3)4)68(46-30-26-42(27-31-46)50-22-16-23-56-55-21-13-15-25-64(55)70-65(50)56)48-33-36-53-52-34-28-44(39-59(52)67(5,6)61(53)41-48)43-29-37-63-57(38-43)54-20-12-14-24-62(54)69(63)45-18-10-9-11-19-45/h7-40,61H,2,41H2,1,3-6H3/b17-7-. The number of fused-ring (bicyclic) bond motifs is 10. The smallest absolute Gasteiger partial charge is 0.143 e. The maximum atomic E-state index is 6.51. The highest BCUT2D eigenvalue weighted by Crippen LogP contribution is 2.56. The van der Waals surface area contributed by atoms with Gasteiger partial charge in [-0.1, -0.05) is 168 Å². The maximum Gasteiger partial charge on any atom is 0.143 e. The topological polar surface area (TPSA) is 21.3 Å². The Morgan fingerprint density at radius 2 is 1.27 bits per heavy atom. The molecule has 8 aromatic carbocycles. The van der Waals surface area contributed by atoms with Gasteiger partial charge in [-0.2, -0.15) is 0 Å². The van der Waals surface area contributed by atoms with Gasteiger partial charge in [0.05, 0.1) is 11.0 Å². The molecule has 0 saturated carbocycles. The number of hydrogen-bond acceptors (Lipinski definition) is 2. The Balaban J connectivity index is 0.894. The third-order valence-corrected chi connectivity index (χ3v) is 16.0. The average molecular weight is 903 g/mol. The van der Waals surface area contributed by atoms with Crippen molar-refractivity contribution in [2.24, 2.45) is 5.92 Å². The molecule has 0 radical (unpaired) electrons. The van der Waals surface area contributed by atoms with Crippen LogP contribution < -0.4 is 4.90 Å². The first-order chi connectivity index (χ1) is 34.1. The molecule has 3 nitrogen and oxygen atoms in total. The van der Waals surface area contributed by atoms with Crippen molar-refractivity contribution >= 4 is 66.3 Å². The minimum atomic E-state index is -0.188. The summed E-state index contributed by atoms with van der Waals surface area (Å²) in [6, 6.07) is 64.7.